The Labute approximate surface area is 114 Å². The van der Waals surface area contributed by atoms with Crippen LogP contribution in [0, 0.1) is 0 Å². The number of phenolic OH excluding ortho intramolecular Hbond substituents is 1. The maximum absolute atomic E-state index is 11.7. The predicted molar refractivity (Wildman–Crippen MR) is 74.2 cm³/mol. The summed E-state index contributed by atoms with van der Waals surface area (Å²) in [7, 11) is 1.80. The number of aromatic nitrogens is 2. The summed E-state index contributed by atoms with van der Waals surface area (Å²) in [5.41, 5.74) is 1.93. The highest BCUT2D eigenvalue weighted by molar-refractivity contribution is 8.00. The lowest BCUT2D eigenvalue weighted by Crippen LogP contribution is -2.15. The molecule has 2 N–H and O–H groups in total. The topological polar surface area (TPSA) is 67.2 Å². The molecule has 6 heteroatoms. The van der Waals surface area contributed by atoms with E-state index >= 15 is 0 Å². The minimum absolute atomic E-state index is 0.00486. The number of hydrogen-bond donors (Lipinski definition) is 2. The van der Waals surface area contributed by atoms with Gasteiger partial charge in [0.2, 0.25) is 5.91 Å². The number of hydrogen-bond acceptors (Lipinski definition) is 4. The molecular formula is C13H13N3O2S. The van der Waals surface area contributed by atoms with Gasteiger partial charge in [0.15, 0.2) is 0 Å². The van der Waals surface area contributed by atoms with Gasteiger partial charge in [-0.05, 0) is 17.7 Å². The van der Waals surface area contributed by atoms with E-state index in [2.05, 4.69) is 10.4 Å². The number of fused-ring (bicyclic) bond motifs is 1. The zero-order chi connectivity index (χ0) is 13.4. The van der Waals surface area contributed by atoms with Crippen molar-refractivity contribution in [3.8, 4) is 5.75 Å². The van der Waals surface area contributed by atoms with Crippen LogP contribution in [0.4, 0.5) is 5.82 Å². The van der Waals surface area contributed by atoms with Crippen molar-refractivity contribution >= 4 is 23.5 Å². The molecule has 1 aliphatic rings. The number of aryl methyl sites for hydroxylation is 1. The number of carbonyl (C=O) groups excluding carboxylic acids is 1. The van der Waals surface area contributed by atoms with Gasteiger partial charge in [-0.1, -0.05) is 12.1 Å². The molecule has 1 amide bonds. The number of anilines is 1. The molecule has 0 saturated heterocycles. The van der Waals surface area contributed by atoms with E-state index in [4.69, 9.17) is 0 Å². The van der Waals surface area contributed by atoms with Gasteiger partial charge >= 0.3 is 0 Å². The van der Waals surface area contributed by atoms with Crippen molar-refractivity contribution in [2.24, 2.45) is 7.05 Å². The summed E-state index contributed by atoms with van der Waals surface area (Å²) in [5.74, 6) is 1.31. The third-order valence-electron chi connectivity index (χ3n) is 3.06. The number of phenols is 1. The van der Waals surface area contributed by atoms with E-state index in [1.54, 1.807) is 36.1 Å². The first-order valence-corrected chi connectivity index (χ1v) is 6.92. The Morgan fingerprint density at radius 1 is 1.53 bits per heavy atom. The van der Waals surface area contributed by atoms with Gasteiger partial charge in [-0.2, -0.15) is 5.10 Å². The minimum atomic E-state index is -0.0301. The fraction of sp³-hybridized carbons (Fsp3) is 0.231. The average Bonchev–Trinajstić information content (AvgIpc) is 2.64. The molecular weight excluding hydrogens is 262 g/mol. The summed E-state index contributed by atoms with van der Waals surface area (Å²) in [6.45, 7) is 0. The monoisotopic (exact) mass is 275 g/mol. The molecule has 1 aliphatic heterocycles. The van der Waals surface area contributed by atoms with Crippen LogP contribution in [0.1, 0.15) is 16.4 Å². The third kappa shape index (κ3) is 2.19. The van der Waals surface area contributed by atoms with Crippen LogP contribution >= 0.6 is 11.8 Å². The molecule has 0 saturated carbocycles. The van der Waals surface area contributed by atoms with Gasteiger partial charge in [-0.15, -0.1) is 11.8 Å². The first-order chi connectivity index (χ1) is 9.15. The highest BCUT2D eigenvalue weighted by Gasteiger charge is 2.26. The molecule has 0 unspecified atom stereocenters. The first-order valence-electron chi connectivity index (χ1n) is 5.87. The molecule has 2 heterocycles. The van der Waals surface area contributed by atoms with E-state index in [0.717, 1.165) is 16.9 Å². The van der Waals surface area contributed by atoms with Gasteiger partial charge in [0.1, 0.15) is 11.6 Å². The zero-order valence-corrected chi connectivity index (χ0v) is 11.1. The number of amides is 1. The van der Waals surface area contributed by atoms with E-state index in [1.165, 1.54) is 11.8 Å². The number of nitrogens with zero attached hydrogens (tertiary/aromatic N) is 2. The Bertz CT molecular complexity index is 639. The Balaban J connectivity index is 2.09. The predicted octanol–water partition coefficient (Wildman–Crippen LogP) is 1.90. The maximum Gasteiger partial charge on any atom is 0.235 e. The fourth-order valence-electron chi connectivity index (χ4n) is 2.18. The Morgan fingerprint density at radius 3 is 3.16 bits per heavy atom. The van der Waals surface area contributed by atoms with Gasteiger partial charge in [0.05, 0.1) is 17.2 Å². The number of thioether (sulfide) groups is 1. The van der Waals surface area contributed by atoms with Gasteiger partial charge < -0.3 is 10.4 Å². The summed E-state index contributed by atoms with van der Waals surface area (Å²) in [6, 6.07) is 7.12. The van der Waals surface area contributed by atoms with E-state index in [1.807, 2.05) is 6.07 Å². The van der Waals surface area contributed by atoms with Crippen LogP contribution < -0.4 is 5.32 Å². The largest absolute Gasteiger partial charge is 0.508 e. The van der Waals surface area contributed by atoms with Crippen LogP contribution in [-0.2, 0) is 11.8 Å². The SMILES string of the molecule is Cn1ncc2c1NC(=O)CS[C@H]2c1cccc(O)c1. The number of benzene rings is 1. The zero-order valence-electron chi connectivity index (χ0n) is 10.3. The minimum Gasteiger partial charge on any atom is -0.508 e. The molecule has 1 atom stereocenters. The molecule has 0 fully saturated rings. The Hall–Kier alpha value is -1.95. The second-order valence-corrected chi connectivity index (χ2v) is 5.50. The quantitative estimate of drug-likeness (QED) is 0.834. The number of rotatable bonds is 1. The molecule has 1 aromatic carbocycles. The van der Waals surface area contributed by atoms with Gasteiger partial charge in [0, 0.05) is 12.6 Å². The molecule has 5 nitrogen and oxygen atoms in total. The number of aromatic hydroxyl groups is 1. The standard InChI is InChI=1S/C13H13N3O2S/c1-16-13-10(6-14-16)12(19-7-11(18)15-13)8-3-2-4-9(17)5-8/h2-6,12,17H,7H2,1H3,(H,15,18)/t12-/m0/s1. The summed E-state index contributed by atoms with van der Waals surface area (Å²) >= 11 is 1.53. The maximum atomic E-state index is 11.7. The van der Waals surface area contributed by atoms with Crippen molar-refractivity contribution in [3.63, 3.8) is 0 Å². The number of carbonyl (C=O) groups is 1. The van der Waals surface area contributed by atoms with E-state index < -0.39 is 0 Å². The van der Waals surface area contributed by atoms with E-state index in [9.17, 15) is 9.90 Å². The van der Waals surface area contributed by atoms with Gasteiger partial charge in [-0.25, -0.2) is 0 Å². The molecule has 0 radical (unpaired) electrons. The van der Waals surface area contributed by atoms with Crippen molar-refractivity contribution in [2.75, 3.05) is 11.1 Å². The molecule has 0 bridgehead atoms. The lowest BCUT2D eigenvalue weighted by Gasteiger charge is -2.14. The molecule has 19 heavy (non-hydrogen) atoms. The van der Waals surface area contributed by atoms with Crippen molar-refractivity contribution in [1.29, 1.82) is 0 Å². The average molecular weight is 275 g/mol. The van der Waals surface area contributed by atoms with Gasteiger partial charge in [-0.3, -0.25) is 9.48 Å². The van der Waals surface area contributed by atoms with Crippen LogP contribution in [0.5, 0.6) is 5.75 Å². The van der Waals surface area contributed by atoms with Crippen LogP contribution in [-0.4, -0.2) is 26.5 Å². The first kappa shape index (κ1) is 12.1. The molecule has 2 aromatic rings. The van der Waals surface area contributed by atoms with E-state index in [0.29, 0.717) is 5.75 Å². The van der Waals surface area contributed by atoms with Crippen molar-refractivity contribution in [1.82, 2.24) is 9.78 Å². The molecule has 3 rings (SSSR count). The summed E-state index contributed by atoms with van der Waals surface area (Å²) in [6.07, 6.45) is 1.77. The fourth-order valence-corrected chi connectivity index (χ4v) is 3.26. The van der Waals surface area contributed by atoms with Gasteiger partial charge in [0.25, 0.3) is 0 Å². The van der Waals surface area contributed by atoms with Crippen LogP contribution in [0.2, 0.25) is 0 Å². The molecule has 1 aromatic heterocycles. The summed E-state index contributed by atoms with van der Waals surface area (Å²) < 4.78 is 1.66. The molecule has 0 aliphatic carbocycles. The Morgan fingerprint density at radius 2 is 2.37 bits per heavy atom. The highest BCUT2D eigenvalue weighted by Crippen LogP contribution is 2.41. The van der Waals surface area contributed by atoms with Crippen molar-refractivity contribution < 1.29 is 9.90 Å². The Kier molecular flexibility index (Phi) is 2.94. The molecule has 98 valence electrons. The van der Waals surface area contributed by atoms with Crippen molar-refractivity contribution in [3.05, 3.63) is 41.6 Å². The lowest BCUT2D eigenvalue weighted by molar-refractivity contribution is -0.113. The van der Waals surface area contributed by atoms with Crippen molar-refractivity contribution in [2.45, 2.75) is 5.25 Å². The second-order valence-electron chi connectivity index (χ2n) is 4.41. The summed E-state index contributed by atoms with van der Waals surface area (Å²) in [4.78, 5) is 11.7. The van der Waals surface area contributed by atoms with Crippen LogP contribution in [0.3, 0.4) is 0 Å². The smallest absolute Gasteiger partial charge is 0.235 e. The molecule has 0 spiro atoms. The highest BCUT2D eigenvalue weighted by atomic mass is 32.2. The third-order valence-corrected chi connectivity index (χ3v) is 4.35. The number of nitrogens with one attached hydrogen (secondary N) is 1. The normalized spacial score (nSPS) is 18.6. The summed E-state index contributed by atoms with van der Waals surface area (Å²) in [5, 5.41) is 16.7. The second kappa shape index (κ2) is 4.62. The van der Waals surface area contributed by atoms with Crippen LogP contribution in [0.15, 0.2) is 30.5 Å². The van der Waals surface area contributed by atoms with Crippen LogP contribution in [0.25, 0.3) is 0 Å². The van der Waals surface area contributed by atoms with E-state index in [-0.39, 0.29) is 16.9 Å². The lowest BCUT2D eigenvalue weighted by atomic mass is 10.1.